The molecule has 1 aromatic heterocycles. The van der Waals surface area contributed by atoms with E-state index in [1.165, 1.54) is 32.1 Å². The van der Waals surface area contributed by atoms with Gasteiger partial charge in [-0.15, -0.1) is 0 Å². The number of hydrogen-bond acceptors (Lipinski definition) is 5. The zero-order chi connectivity index (χ0) is 16.8. The summed E-state index contributed by atoms with van der Waals surface area (Å²) in [4.78, 5) is 16.8. The third kappa shape index (κ3) is 4.47. The second-order valence-electron chi connectivity index (χ2n) is 6.35. The highest BCUT2D eigenvalue weighted by molar-refractivity contribution is 6.07. The molecule has 4 N–H and O–H groups in total. The number of allylic oxidation sites excluding steroid dienone is 2. The van der Waals surface area contributed by atoms with Crippen LogP contribution < -0.4 is 16.4 Å². The summed E-state index contributed by atoms with van der Waals surface area (Å²) in [6.07, 6.45) is 6.67. The predicted molar refractivity (Wildman–Crippen MR) is 94.3 cm³/mol. The summed E-state index contributed by atoms with van der Waals surface area (Å²) in [5.74, 6) is 0.581. The minimum Gasteiger partial charge on any atom is -0.400 e. The molecule has 1 saturated carbocycles. The molecule has 23 heavy (non-hydrogen) atoms. The number of carbonyl (C=O) groups excluding carboxylic acids is 1. The number of nitrogens with zero attached hydrogens (tertiary/aromatic N) is 1. The van der Waals surface area contributed by atoms with Crippen LogP contribution >= 0.6 is 0 Å². The minimum absolute atomic E-state index is 0.172. The molecule has 0 amide bonds. The number of nitrogens with one attached hydrogen (secondary N) is 2. The molecule has 1 aliphatic carbocycles. The normalized spacial score (nSPS) is 16.7. The molecule has 5 nitrogen and oxygen atoms in total. The summed E-state index contributed by atoms with van der Waals surface area (Å²) in [5, 5.41) is 6.34. The van der Waals surface area contributed by atoms with Crippen LogP contribution in [0.25, 0.3) is 0 Å². The fourth-order valence-corrected chi connectivity index (χ4v) is 3.14. The van der Waals surface area contributed by atoms with Gasteiger partial charge in [0.15, 0.2) is 0 Å². The molecule has 5 heteroatoms. The van der Waals surface area contributed by atoms with Gasteiger partial charge >= 0.3 is 0 Å². The van der Waals surface area contributed by atoms with E-state index in [0.29, 0.717) is 17.1 Å². The first kappa shape index (κ1) is 17.3. The van der Waals surface area contributed by atoms with Gasteiger partial charge in [-0.2, -0.15) is 0 Å². The highest BCUT2D eigenvalue weighted by Crippen LogP contribution is 2.24. The number of anilines is 1. The second kappa shape index (κ2) is 7.99. The Labute approximate surface area is 138 Å². The lowest BCUT2D eigenvalue weighted by Crippen LogP contribution is -2.22. The maximum absolute atomic E-state index is 12.4. The van der Waals surface area contributed by atoms with Gasteiger partial charge in [-0.3, -0.25) is 4.79 Å². The molecule has 0 radical (unpaired) electrons. The van der Waals surface area contributed by atoms with Gasteiger partial charge in [0.05, 0.1) is 11.4 Å². The smallest absolute Gasteiger partial charge is 0.228 e. The van der Waals surface area contributed by atoms with Crippen molar-refractivity contribution in [1.29, 1.82) is 0 Å². The van der Waals surface area contributed by atoms with Crippen molar-refractivity contribution < 1.29 is 4.79 Å². The lowest BCUT2D eigenvalue weighted by molar-refractivity contribution is 0.102. The third-order valence-corrected chi connectivity index (χ3v) is 4.50. The Balaban J connectivity index is 2.05. The Hall–Kier alpha value is -2.04. The highest BCUT2D eigenvalue weighted by Gasteiger charge is 2.17. The van der Waals surface area contributed by atoms with Crippen molar-refractivity contribution in [3.63, 3.8) is 0 Å². The molecule has 0 aliphatic heterocycles. The Morgan fingerprint density at radius 1 is 1.30 bits per heavy atom. The molecule has 1 aliphatic rings. The number of nitrogens with two attached hydrogens (primary N) is 1. The van der Waals surface area contributed by atoms with E-state index < -0.39 is 0 Å². The molecule has 126 valence electrons. The standard InChI is InChI=1S/C18H28N4O/c1-12(19)17(20-3)18(23)16-10-9-15(13(2)22-16)21-11-14-7-5-4-6-8-14/h9-10,14,20-21H,4-8,11,19H2,1-3H3/b17-12+. The quantitative estimate of drug-likeness (QED) is 0.555. The molecule has 0 bridgehead atoms. The molecular weight excluding hydrogens is 288 g/mol. The average Bonchev–Trinajstić information content (AvgIpc) is 2.54. The Morgan fingerprint density at radius 3 is 2.57 bits per heavy atom. The highest BCUT2D eigenvalue weighted by atomic mass is 16.1. The van der Waals surface area contributed by atoms with Gasteiger partial charge < -0.3 is 16.4 Å². The lowest BCUT2D eigenvalue weighted by atomic mass is 9.89. The zero-order valence-corrected chi connectivity index (χ0v) is 14.4. The number of carbonyl (C=O) groups is 1. The van der Waals surface area contributed by atoms with E-state index in [2.05, 4.69) is 15.6 Å². The van der Waals surface area contributed by atoms with Gasteiger partial charge in [-0.1, -0.05) is 19.3 Å². The Bertz CT molecular complexity index is 585. The molecule has 0 unspecified atom stereocenters. The molecule has 1 aromatic rings. The van der Waals surface area contributed by atoms with Gasteiger partial charge in [-0.25, -0.2) is 4.98 Å². The van der Waals surface area contributed by atoms with Crippen LogP contribution in [0.2, 0.25) is 0 Å². The molecule has 0 atom stereocenters. The summed E-state index contributed by atoms with van der Waals surface area (Å²) >= 11 is 0. The van der Waals surface area contributed by atoms with Crippen LogP contribution in [0.1, 0.15) is 55.2 Å². The third-order valence-electron chi connectivity index (χ3n) is 4.50. The summed E-state index contributed by atoms with van der Waals surface area (Å²) in [5.41, 5.74) is 8.88. The molecule has 0 aromatic carbocycles. The van der Waals surface area contributed by atoms with Crippen molar-refractivity contribution in [2.24, 2.45) is 11.7 Å². The van der Waals surface area contributed by atoms with Gasteiger partial charge in [0, 0.05) is 19.3 Å². The number of aromatic nitrogens is 1. The maximum Gasteiger partial charge on any atom is 0.228 e. The van der Waals surface area contributed by atoms with E-state index in [0.717, 1.165) is 23.8 Å². The summed E-state index contributed by atoms with van der Waals surface area (Å²) < 4.78 is 0. The second-order valence-corrected chi connectivity index (χ2v) is 6.35. The molecule has 1 fully saturated rings. The number of pyridine rings is 1. The molecule has 0 saturated heterocycles. The molecule has 2 rings (SSSR count). The van der Waals surface area contributed by atoms with Crippen molar-refractivity contribution in [2.45, 2.75) is 46.0 Å². The number of hydrogen-bond donors (Lipinski definition) is 3. The van der Waals surface area contributed by atoms with E-state index >= 15 is 0 Å². The van der Waals surface area contributed by atoms with Crippen LogP contribution in [0.15, 0.2) is 23.5 Å². The van der Waals surface area contributed by atoms with Gasteiger partial charge in [0.25, 0.3) is 0 Å². The molecule has 0 spiro atoms. The van der Waals surface area contributed by atoms with Crippen LogP contribution in [0.3, 0.4) is 0 Å². The maximum atomic E-state index is 12.4. The van der Waals surface area contributed by atoms with E-state index in [1.807, 2.05) is 13.0 Å². The van der Waals surface area contributed by atoms with Crippen LogP contribution in [-0.2, 0) is 0 Å². The fourth-order valence-electron chi connectivity index (χ4n) is 3.14. The van der Waals surface area contributed by atoms with E-state index in [1.54, 1.807) is 20.0 Å². The van der Waals surface area contributed by atoms with Gasteiger partial charge in [-0.05, 0) is 44.7 Å². The number of aryl methyl sites for hydroxylation is 1. The van der Waals surface area contributed by atoms with Gasteiger partial charge in [0.2, 0.25) is 5.78 Å². The van der Waals surface area contributed by atoms with Crippen LogP contribution in [0.5, 0.6) is 0 Å². The first-order valence-electron chi connectivity index (χ1n) is 8.43. The lowest BCUT2D eigenvalue weighted by Gasteiger charge is -2.22. The van der Waals surface area contributed by atoms with E-state index in [9.17, 15) is 4.79 Å². The number of rotatable bonds is 6. The Morgan fingerprint density at radius 2 is 2.00 bits per heavy atom. The van der Waals surface area contributed by atoms with Crippen LogP contribution in [-0.4, -0.2) is 24.4 Å². The SMILES string of the molecule is CN/C(C(=O)c1ccc(NCC2CCCCC2)c(C)n1)=C(\C)N. The summed E-state index contributed by atoms with van der Waals surface area (Å²) in [7, 11) is 1.69. The topological polar surface area (TPSA) is 80.0 Å². The van der Waals surface area contributed by atoms with Crippen molar-refractivity contribution in [2.75, 3.05) is 18.9 Å². The predicted octanol–water partition coefficient (Wildman–Crippen LogP) is 2.97. The van der Waals surface area contributed by atoms with Crippen molar-refractivity contribution >= 4 is 11.5 Å². The van der Waals surface area contributed by atoms with Crippen molar-refractivity contribution in [3.05, 3.63) is 34.9 Å². The van der Waals surface area contributed by atoms with Crippen molar-refractivity contribution in [1.82, 2.24) is 10.3 Å². The number of likely N-dealkylation sites (N-methyl/N-ethyl adjacent to an activating group) is 1. The van der Waals surface area contributed by atoms with Gasteiger partial charge in [0.1, 0.15) is 11.4 Å². The Kier molecular flexibility index (Phi) is 6.02. The average molecular weight is 316 g/mol. The van der Waals surface area contributed by atoms with E-state index in [4.69, 9.17) is 5.73 Å². The monoisotopic (exact) mass is 316 g/mol. The zero-order valence-electron chi connectivity index (χ0n) is 14.4. The van der Waals surface area contributed by atoms with E-state index in [-0.39, 0.29) is 5.78 Å². The fraction of sp³-hybridized carbons (Fsp3) is 0.556. The minimum atomic E-state index is -0.172. The number of Topliss-reactive ketones (excluding diaryl/α,β-unsaturated/α-hetero) is 1. The van der Waals surface area contributed by atoms with Crippen LogP contribution in [0.4, 0.5) is 5.69 Å². The first-order valence-corrected chi connectivity index (χ1v) is 8.43. The summed E-state index contributed by atoms with van der Waals surface area (Å²) in [6.45, 7) is 4.62. The summed E-state index contributed by atoms with van der Waals surface area (Å²) in [6, 6.07) is 3.70. The number of ketones is 1. The largest absolute Gasteiger partial charge is 0.400 e. The first-order chi connectivity index (χ1) is 11.0. The molecular formula is C18H28N4O. The van der Waals surface area contributed by atoms with Crippen LogP contribution in [0, 0.1) is 12.8 Å². The van der Waals surface area contributed by atoms with Crippen molar-refractivity contribution in [3.8, 4) is 0 Å². The molecule has 1 heterocycles.